The van der Waals surface area contributed by atoms with Crippen LogP contribution < -0.4 is 15.2 Å². The number of nitrogens with two attached hydrogens (primary N) is 1. The molecule has 0 bridgehead atoms. The van der Waals surface area contributed by atoms with Gasteiger partial charge in [-0.25, -0.2) is 4.98 Å². The second-order valence-corrected chi connectivity index (χ2v) is 6.90. The van der Waals surface area contributed by atoms with Gasteiger partial charge in [0.25, 0.3) is 5.91 Å². The highest BCUT2D eigenvalue weighted by atomic mass is 16.6. The van der Waals surface area contributed by atoms with Gasteiger partial charge in [0.2, 0.25) is 0 Å². The first-order valence-electron chi connectivity index (χ1n) is 9.02. The summed E-state index contributed by atoms with van der Waals surface area (Å²) in [6.45, 7) is 4.41. The van der Waals surface area contributed by atoms with Crippen LogP contribution in [0.3, 0.4) is 0 Å². The third kappa shape index (κ3) is 3.14. The molecular formula is C19H23N3O4. The number of likely N-dealkylation sites (tertiary alicyclic amines) is 1. The number of hydrogen-bond donors (Lipinski definition) is 1. The van der Waals surface area contributed by atoms with E-state index in [2.05, 4.69) is 4.98 Å². The SMILES string of the molecule is CC(N)C1CCCN(C(=O)c2ncoc2-c2ccc3c(c2)OCCO3)C1. The topological polar surface area (TPSA) is 90.8 Å². The minimum Gasteiger partial charge on any atom is -0.486 e. The lowest BCUT2D eigenvalue weighted by Gasteiger charge is -2.34. The molecule has 0 aliphatic carbocycles. The number of piperidine rings is 1. The minimum atomic E-state index is -0.117. The fraction of sp³-hybridized carbons (Fsp3) is 0.474. The number of ether oxygens (including phenoxy) is 2. The average molecular weight is 357 g/mol. The molecule has 1 amide bonds. The molecule has 1 fully saturated rings. The van der Waals surface area contributed by atoms with Crippen LogP contribution in [0.4, 0.5) is 0 Å². The predicted octanol–water partition coefficient (Wildman–Crippen LogP) is 2.31. The first-order chi connectivity index (χ1) is 12.6. The van der Waals surface area contributed by atoms with E-state index in [4.69, 9.17) is 19.6 Å². The highest BCUT2D eigenvalue weighted by molar-refractivity contribution is 5.97. The van der Waals surface area contributed by atoms with Crippen LogP contribution in [0.15, 0.2) is 29.0 Å². The van der Waals surface area contributed by atoms with Gasteiger partial charge < -0.3 is 24.5 Å². The van der Waals surface area contributed by atoms with E-state index in [-0.39, 0.29) is 11.9 Å². The van der Waals surface area contributed by atoms with E-state index in [0.717, 1.165) is 24.9 Å². The highest BCUT2D eigenvalue weighted by Crippen LogP contribution is 2.36. The van der Waals surface area contributed by atoms with Crippen molar-refractivity contribution in [2.75, 3.05) is 26.3 Å². The molecule has 2 aromatic rings. The summed E-state index contributed by atoms with van der Waals surface area (Å²) in [6, 6.07) is 5.58. The molecule has 4 rings (SSSR count). The number of carbonyl (C=O) groups is 1. The quantitative estimate of drug-likeness (QED) is 0.906. The predicted molar refractivity (Wildman–Crippen MR) is 95.2 cm³/mol. The second kappa shape index (κ2) is 6.99. The van der Waals surface area contributed by atoms with E-state index in [1.54, 1.807) is 0 Å². The molecule has 1 aromatic heterocycles. The van der Waals surface area contributed by atoms with Crippen molar-refractivity contribution in [2.24, 2.45) is 11.7 Å². The Morgan fingerprint density at radius 1 is 1.31 bits per heavy atom. The van der Waals surface area contributed by atoms with Crippen LogP contribution >= 0.6 is 0 Å². The van der Waals surface area contributed by atoms with Crippen molar-refractivity contribution in [3.63, 3.8) is 0 Å². The standard InChI is InChI=1S/C19H23N3O4/c1-12(20)14-3-2-6-22(10-14)19(23)17-18(26-11-21-17)13-4-5-15-16(9-13)25-8-7-24-15/h4-5,9,11-12,14H,2-3,6-8,10,20H2,1H3. The van der Waals surface area contributed by atoms with Crippen LogP contribution in [0.25, 0.3) is 11.3 Å². The van der Waals surface area contributed by atoms with Crippen molar-refractivity contribution >= 4 is 5.91 Å². The smallest absolute Gasteiger partial charge is 0.276 e. The van der Waals surface area contributed by atoms with Gasteiger partial charge in [-0.05, 0) is 43.9 Å². The molecule has 138 valence electrons. The summed E-state index contributed by atoms with van der Waals surface area (Å²) < 4.78 is 16.7. The molecule has 2 N–H and O–H groups in total. The Bertz CT molecular complexity index is 802. The van der Waals surface area contributed by atoms with Gasteiger partial charge in [0.15, 0.2) is 29.3 Å². The van der Waals surface area contributed by atoms with Gasteiger partial charge in [-0.1, -0.05) is 0 Å². The molecule has 7 heteroatoms. The van der Waals surface area contributed by atoms with Crippen LogP contribution in [0.2, 0.25) is 0 Å². The lowest BCUT2D eigenvalue weighted by Crippen LogP contribution is -2.45. The fourth-order valence-corrected chi connectivity index (χ4v) is 3.56. The van der Waals surface area contributed by atoms with Crippen molar-refractivity contribution < 1.29 is 18.7 Å². The molecule has 0 radical (unpaired) electrons. The maximum Gasteiger partial charge on any atom is 0.276 e. The number of carbonyl (C=O) groups excluding carboxylic acids is 1. The third-order valence-corrected chi connectivity index (χ3v) is 5.06. The zero-order valence-corrected chi connectivity index (χ0v) is 14.8. The van der Waals surface area contributed by atoms with Crippen LogP contribution in [-0.2, 0) is 0 Å². The normalized spacial score (nSPS) is 20.7. The van der Waals surface area contributed by atoms with Crippen molar-refractivity contribution in [1.29, 1.82) is 0 Å². The summed E-state index contributed by atoms with van der Waals surface area (Å²) in [5, 5.41) is 0. The Morgan fingerprint density at radius 3 is 2.92 bits per heavy atom. The number of hydrogen-bond acceptors (Lipinski definition) is 6. The molecule has 2 aliphatic heterocycles. The largest absolute Gasteiger partial charge is 0.486 e. The van der Waals surface area contributed by atoms with Gasteiger partial charge in [0.1, 0.15) is 13.2 Å². The van der Waals surface area contributed by atoms with Gasteiger partial charge in [-0.2, -0.15) is 0 Å². The summed E-state index contributed by atoms with van der Waals surface area (Å²) in [5.74, 6) is 2.00. The molecular weight excluding hydrogens is 334 g/mol. The molecule has 2 aliphatic rings. The minimum absolute atomic E-state index is 0.0696. The summed E-state index contributed by atoms with van der Waals surface area (Å²) in [4.78, 5) is 19.0. The number of rotatable bonds is 3. The monoisotopic (exact) mass is 357 g/mol. The van der Waals surface area contributed by atoms with Crippen molar-refractivity contribution in [2.45, 2.75) is 25.8 Å². The molecule has 1 aromatic carbocycles. The molecule has 0 spiro atoms. The number of oxazole rings is 1. The number of aromatic nitrogens is 1. The Labute approximate surface area is 152 Å². The van der Waals surface area contributed by atoms with Gasteiger partial charge in [-0.15, -0.1) is 0 Å². The fourth-order valence-electron chi connectivity index (χ4n) is 3.56. The van der Waals surface area contributed by atoms with E-state index < -0.39 is 0 Å². The van der Waals surface area contributed by atoms with E-state index in [9.17, 15) is 4.79 Å². The van der Waals surface area contributed by atoms with Crippen LogP contribution in [-0.4, -0.2) is 48.1 Å². The summed E-state index contributed by atoms with van der Waals surface area (Å²) in [6.07, 6.45) is 3.32. The lowest BCUT2D eigenvalue weighted by molar-refractivity contribution is 0.0656. The van der Waals surface area contributed by atoms with Gasteiger partial charge in [-0.3, -0.25) is 4.79 Å². The maximum absolute atomic E-state index is 13.0. The molecule has 0 saturated carbocycles. The van der Waals surface area contributed by atoms with E-state index in [1.165, 1.54) is 6.39 Å². The molecule has 3 heterocycles. The molecule has 2 atom stereocenters. The van der Waals surface area contributed by atoms with Crippen LogP contribution in [0.5, 0.6) is 11.5 Å². The summed E-state index contributed by atoms with van der Waals surface area (Å²) in [5.41, 5.74) is 7.11. The lowest BCUT2D eigenvalue weighted by atomic mass is 9.92. The second-order valence-electron chi connectivity index (χ2n) is 6.90. The zero-order valence-electron chi connectivity index (χ0n) is 14.8. The number of fused-ring (bicyclic) bond motifs is 1. The molecule has 26 heavy (non-hydrogen) atoms. The average Bonchev–Trinajstić information content (AvgIpc) is 3.17. The van der Waals surface area contributed by atoms with Crippen molar-refractivity contribution in [3.8, 4) is 22.8 Å². The zero-order chi connectivity index (χ0) is 18.1. The molecule has 1 saturated heterocycles. The summed E-state index contributed by atoms with van der Waals surface area (Å²) in [7, 11) is 0. The van der Waals surface area contributed by atoms with Gasteiger partial charge in [0.05, 0.1) is 0 Å². The first kappa shape index (κ1) is 16.9. The Hall–Kier alpha value is -2.54. The van der Waals surface area contributed by atoms with Crippen molar-refractivity contribution in [3.05, 3.63) is 30.3 Å². The van der Waals surface area contributed by atoms with Crippen LogP contribution in [0.1, 0.15) is 30.3 Å². The number of nitrogens with zero attached hydrogens (tertiary/aromatic N) is 2. The van der Waals surface area contributed by atoms with Crippen molar-refractivity contribution in [1.82, 2.24) is 9.88 Å². The van der Waals surface area contributed by atoms with E-state index in [0.29, 0.717) is 48.6 Å². The number of benzene rings is 1. The molecule has 7 nitrogen and oxygen atoms in total. The number of amides is 1. The Kier molecular flexibility index (Phi) is 4.55. The van der Waals surface area contributed by atoms with Gasteiger partial charge in [0, 0.05) is 24.7 Å². The Morgan fingerprint density at radius 2 is 2.12 bits per heavy atom. The molecule has 2 unspecified atom stereocenters. The van der Waals surface area contributed by atoms with Crippen LogP contribution in [0, 0.1) is 5.92 Å². The first-order valence-corrected chi connectivity index (χ1v) is 9.02. The maximum atomic E-state index is 13.0. The highest BCUT2D eigenvalue weighted by Gasteiger charge is 2.30. The van der Waals surface area contributed by atoms with Gasteiger partial charge >= 0.3 is 0 Å². The van der Waals surface area contributed by atoms with E-state index in [1.807, 2.05) is 30.0 Å². The Balaban J connectivity index is 1.60. The van der Waals surface area contributed by atoms with E-state index >= 15 is 0 Å². The third-order valence-electron chi connectivity index (χ3n) is 5.06. The summed E-state index contributed by atoms with van der Waals surface area (Å²) >= 11 is 0.